The number of nitrogens with zero attached hydrogens (tertiary/aromatic N) is 4. The average molecular weight is 378 g/mol. The van der Waals surface area contributed by atoms with Crippen LogP contribution in [0.5, 0.6) is 0 Å². The number of fused-ring (bicyclic) bond motifs is 1. The molecule has 0 atom stereocenters. The van der Waals surface area contributed by atoms with E-state index >= 15 is 0 Å². The highest BCUT2D eigenvalue weighted by Gasteiger charge is 2.24. The molecule has 28 heavy (non-hydrogen) atoms. The molecule has 2 aromatic heterocycles. The summed E-state index contributed by atoms with van der Waals surface area (Å²) in [6.07, 6.45) is 5.60. The Morgan fingerprint density at radius 3 is 2.57 bits per heavy atom. The van der Waals surface area contributed by atoms with Crippen LogP contribution in [0.4, 0.5) is 0 Å². The minimum absolute atomic E-state index is 0.0108. The smallest absolute Gasteiger partial charge is 0.291 e. The summed E-state index contributed by atoms with van der Waals surface area (Å²) in [5.74, 6) is 1.37. The number of hydrogen-bond donors (Lipinski definition) is 0. The first-order chi connectivity index (χ1) is 13.7. The van der Waals surface area contributed by atoms with Crippen LogP contribution < -0.4 is 5.56 Å². The van der Waals surface area contributed by atoms with Gasteiger partial charge in [-0.15, -0.1) is 0 Å². The second kappa shape index (κ2) is 8.00. The summed E-state index contributed by atoms with van der Waals surface area (Å²) < 4.78 is 3.13. The van der Waals surface area contributed by atoms with E-state index in [4.69, 9.17) is 0 Å². The van der Waals surface area contributed by atoms with Crippen molar-refractivity contribution in [3.63, 3.8) is 0 Å². The minimum atomic E-state index is -0.213. The van der Waals surface area contributed by atoms with Crippen molar-refractivity contribution < 1.29 is 4.79 Å². The quantitative estimate of drug-likeness (QED) is 0.686. The van der Waals surface area contributed by atoms with E-state index in [2.05, 4.69) is 29.4 Å². The Morgan fingerprint density at radius 1 is 1.11 bits per heavy atom. The lowest BCUT2D eigenvalue weighted by molar-refractivity contribution is -0.133. The molecule has 146 valence electrons. The topological polar surface area (TPSA) is 59.6 Å². The van der Waals surface area contributed by atoms with E-state index in [9.17, 15) is 9.59 Å². The Balaban J connectivity index is 1.40. The molecule has 3 heterocycles. The lowest BCUT2D eigenvalue weighted by Crippen LogP contribution is -2.42. The van der Waals surface area contributed by atoms with Gasteiger partial charge in [-0.05, 0) is 42.9 Å². The molecule has 6 heteroatoms. The summed E-state index contributed by atoms with van der Waals surface area (Å²) in [6, 6.07) is 14.1. The SMILES string of the molecule is CCc1nn(CC(=O)N2CCC(Cc3ccccc3)CC2)c(=O)c2cccn12. The Labute approximate surface area is 164 Å². The summed E-state index contributed by atoms with van der Waals surface area (Å²) in [5, 5.41) is 4.42. The zero-order valence-corrected chi connectivity index (χ0v) is 16.3. The molecule has 0 N–H and O–H groups in total. The molecule has 1 saturated heterocycles. The summed E-state index contributed by atoms with van der Waals surface area (Å²) >= 11 is 0. The molecule has 0 radical (unpaired) electrons. The van der Waals surface area contributed by atoms with Crippen molar-refractivity contribution in [3.05, 3.63) is 70.4 Å². The van der Waals surface area contributed by atoms with Gasteiger partial charge in [-0.1, -0.05) is 37.3 Å². The van der Waals surface area contributed by atoms with Crippen molar-refractivity contribution in [3.8, 4) is 0 Å². The lowest BCUT2D eigenvalue weighted by atomic mass is 9.90. The first kappa shape index (κ1) is 18.5. The van der Waals surface area contributed by atoms with E-state index in [1.54, 1.807) is 10.5 Å². The predicted molar refractivity (Wildman–Crippen MR) is 108 cm³/mol. The predicted octanol–water partition coefficient (Wildman–Crippen LogP) is 2.54. The number of hydrogen-bond acceptors (Lipinski definition) is 3. The van der Waals surface area contributed by atoms with Crippen LogP contribution in [-0.2, 0) is 24.2 Å². The van der Waals surface area contributed by atoms with Crippen molar-refractivity contribution >= 4 is 11.4 Å². The van der Waals surface area contributed by atoms with Crippen LogP contribution in [0, 0.1) is 5.92 Å². The second-order valence-corrected chi connectivity index (χ2v) is 7.51. The molecule has 1 amide bonds. The van der Waals surface area contributed by atoms with E-state index in [0.717, 1.165) is 38.2 Å². The van der Waals surface area contributed by atoms with Crippen LogP contribution in [-0.4, -0.2) is 38.1 Å². The van der Waals surface area contributed by atoms with Crippen molar-refractivity contribution in [2.75, 3.05) is 13.1 Å². The number of aromatic nitrogens is 3. The zero-order valence-electron chi connectivity index (χ0n) is 16.3. The summed E-state index contributed by atoms with van der Waals surface area (Å²) in [5.41, 5.74) is 1.71. The van der Waals surface area contributed by atoms with Crippen molar-refractivity contribution in [2.24, 2.45) is 5.92 Å². The van der Waals surface area contributed by atoms with E-state index in [1.165, 1.54) is 10.2 Å². The van der Waals surface area contributed by atoms with Gasteiger partial charge in [0.05, 0.1) is 0 Å². The van der Waals surface area contributed by atoms with E-state index in [-0.39, 0.29) is 18.0 Å². The van der Waals surface area contributed by atoms with Crippen molar-refractivity contribution in [1.29, 1.82) is 0 Å². The van der Waals surface area contributed by atoms with E-state index < -0.39 is 0 Å². The Kier molecular flexibility index (Phi) is 5.28. The van der Waals surface area contributed by atoms with Gasteiger partial charge >= 0.3 is 0 Å². The average Bonchev–Trinajstić information content (AvgIpc) is 3.22. The number of carbonyl (C=O) groups excluding carboxylic acids is 1. The largest absolute Gasteiger partial charge is 0.341 e. The van der Waals surface area contributed by atoms with Gasteiger partial charge in [0.2, 0.25) is 5.91 Å². The van der Waals surface area contributed by atoms with Gasteiger partial charge in [0.15, 0.2) is 0 Å². The molecule has 6 nitrogen and oxygen atoms in total. The molecule has 1 aliphatic rings. The molecular weight excluding hydrogens is 352 g/mol. The Hall–Kier alpha value is -2.89. The van der Waals surface area contributed by atoms with Crippen LogP contribution in [0.25, 0.3) is 5.52 Å². The second-order valence-electron chi connectivity index (χ2n) is 7.51. The third-order valence-corrected chi connectivity index (χ3v) is 5.65. The molecule has 0 bridgehead atoms. The first-order valence-corrected chi connectivity index (χ1v) is 10.0. The van der Waals surface area contributed by atoms with E-state index in [0.29, 0.717) is 17.9 Å². The van der Waals surface area contributed by atoms with Crippen LogP contribution in [0.2, 0.25) is 0 Å². The van der Waals surface area contributed by atoms with Crippen LogP contribution in [0.15, 0.2) is 53.5 Å². The Bertz CT molecular complexity index is 1010. The normalized spacial score (nSPS) is 15.2. The third-order valence-electron chi connectivity index (χ3n) is 5.65. The molecule has 1 aliphatic heterocycles. The van der Waals surface area contributed by atoms with Crippen LogP contribution >= 0.6 is 0 Å². The van der Waals surface area contributed by atoms with Gasteiger partial charge in [-0.25, -0.2) is 4.68 Å². The standard InChI is InChI=1S/C22H26N4O2/c1-2-20-23-26(22(28)19-9-6-12-25(19)20)16-21(27)24-13-10-18(11-14-24)15-17-7-4-3-5-8-17/h3-9,12,18H,2,10-11,13-16H2,1H3. The van der Waals surface area contributed by atoms with Crippen LogP contribution in [0.3, 0.4) is 0 Å². The number of aryl methyl sites for hydroxylation is 1. The zero-order chi connectivity index (χ0) is 19.5. The van der Waals surface area contributed by atoms with Crippen LogP contribution in [0.1, 0.15) is 31.2 Å². The number of rotatable bonds is 5. The molecule has 0 saturated carbocycles. The van der Waals surface area contributed by atoms with Gasteiger partial charge < -0.3 is 4.90 Å². The highest BCUT2D eigenvalue weighted by Crippen LogP contribution is 2.21. The molecule has 1 fully saturated rings. The maximum atomic E-state index is 12.8. The molecular formula is C22H26N4O2. The van der Waals surface area contributed by atoms with Gasteiger partial charge in [-0.3, -0.25) is 14.0 Å². The van der Waals surface area contributed by atoms with Crippen molar-refractivity contribution in [1.82, 2.24) is 19.1 Å². The minimum Gasteiger partial charge on any atom is -0.341 e. The fourth-order valence-electron chi connectivity index (χ4n) is 4.06. The van der Waals surface area contributed by atoms with Crippen molar-refractivity contribution in [2.45, 2.75) is 39.2 Å². The van der Waals surface area contributed by atoms with Gasteiger partial charge in [0, 0.05) is 25.7 Å². The number of amides is 1. The van der Waals surface area contributed by atoms with E-state index in [1.807, 2.05) is 30.2 Å². The molecule has 0 spiro atoms. The molecule has 1 aromatic carbocycles. The number of benzene rings is 1. The molecule has 0 unspecified atom stereocenters. The summed E-state index contributed by atoms with van der Waals surface area (Å²) in [4.78, 5) is 27.3. The fraction of sp³-hybridized carbons (Fsp3) is 0.409. The first-order valence-electron chi connectivity index (χ1n) is 10.0. The number of piperidine rings is 1. The third kappa shape index (κ3) is 3.72. The number of carbonyl (C=O) groups is 1. The van der Waals surface area contributed by atoms with Gasteiger partial charge in [0.25, 0.3) is 5.56 Å². The fourth-order valence-corrected chi connectivity index (χ4v) is 4.06. The van der Waals surface area contributed by atoms with Gasteiger partial charge in [0.1, 0.15) is 17.9 Å². The summed E-state index contributed by atoms with van der Waals surface area (Å²) in [6.45, 7) is 3.50. The molecule has 4 rings (SSSR count). The monoisotopic (exact) mass is 378 g/mol. The highest BCUT2D eigenvalue weighted by atomic mass is 16.2. The van der Waals surface area contributed by atoms with Gasteiger partial charge in [-0.2, -0.15) is 5.10 Å². The highest BCUT2D eigenvalue weighted by molar-refractivity contribution is 5.76. The maximum Gasteiger partial charge on any atom is 0.291 e. The molecule has 0 aliphatic carbocycles. The molecule has 3 aromatic rings. The maximum absolute atomic E-state index is 12.8. The lowest BCUT2D eigenvalue weighted by Gasteiger charge is -2.32. The number of likely N-dealkylation sites (tertiary alicyclic amines) is 1. The summed E-state index contributed by atoms with van der Waals surface area (Å²) in [7, 11) is 0. The Morgan fingerprint density at radius 2 is 1.86 bits per heavy atom.